The maximum atomic E-state index is 12.5. The van der Waals surface area contributed by atoms with E-state index in [2.05, 4.69) is 5.32 Å². The summed E-state index contributed by atoms with van der Waals surface area (Å²) in [5.41, 5.74) is 2.90. The highest BCUT2D eigenvalue weighted by Gasteiger charge is 2.25. The Labute approximate surface area is 143 Å². The second-order valence-corrected chi connectivity index (χ2v) is 6.76. The predicted octanol–water partition coefficient (Wildman–Crippen LogP) is 3.80. The number of carbonyl (C=O) groups is 2. The smallest absolute Gasteiger partial charge is 0.263 e. The number of amides is 1. The van der Waals surface area contributed by atoms with Gasteiger partial charge in [-0.05, 0) is 24.1 Å². The number of hydrogen-bond acceptors (Lipinski definition) is 4. The molecular weight excluding hydrogens is 326 g/mol. The Morgan fingerprint density at radius 1 is 1.00 bits per heavy atom. The van der Waals surface area contributed by atoms with Crippen LogP contribution in [0.5, 0.6) is 0 Å². The topological polar surface area (TPSA) is 46.2 Å². The normalized spacial score (nSPS) is 16.2. The molecule has 3 nitrogen and oxygen atoms in total. The lowest BCUT2D eigenvalue weighted by Gasteiger charge is -2.07. The molecular formula is C18H13NO2S2. The minimum Gasteiger partial charge on any atom is -0.307 e. The van der Waals surface area contributed by atoms with Crippen molar-refractivity contribution in [3.63, 3.8) is 0 Å². The van der Waals surface area contributed by atoms with Crippen molar-refractivity contribution in [2.24, 2.45) is 0 Å². The molecule has 1 heterocycles. The molecule has 0 radical (unpaired) electrons. The third-order valence-electron chi connectivity index (χ3n) is 3.55. The molecule has 0 bridgehead atoms. The van der Waals surface area contributed by atoms with E-state index in [1.807, 2.05) is 43.3 Å². The molecule has 1 aliphatic rings. The van der Waals surface area contributed by atoms with Crippen LogP contribution in [0.3, 0.4) is 0 Å². The summed E-state index contributed by atoms with van der Waals surface area (Å²) in [5.74, 6) is -0.221. The molecule has 23 heavy (non-hydrogen) atoms. The Bertz CT molecular complexity index is 841. The molecule has 1 saturated heterocycles. The van der Waals surface area contributed by atoms with Crippen LogP contribution < -0.4 is 5.32 Å². The second kappa shape index (κ2) is 6.48. The van der Waals surface area contributed by atoms with Gasteiger partial charge in [0.15, 0.2) is 5.78 Å². The molecule has 2 aromatic rings. The molecule has 5 heteroatoms. The first-order valence-corrected chi connectivity index (χ1v) is 8.23. The fourth-order valence-electron chi connectivity index (χ4n) is 2.34. The molecule has 1 N–H and O–H groups in total. The molecule has 1 fully saturated rings. The first-order chi connectivity index (χ1) is 11.1. The number of thiocarbonyl (C=S) groups is 1. The Kier molecular flexibility index (Phi) is 4.41. The average Bonchev–Trinajstić information content (AvgIpc) is 2.93. The zero-order chi connectivity index (χ0) is 16.4. The van der Waals surface area contributed by atoms with E-state index in [0.717, 1.165) is 11.1 Å². The first kappa shape index (κ1) is 15.6. The molecule has 0 aliphatic carbocycles. The van der Waals surface area contributed by atoms with Crippen LogP contribution in [-0.2, 0) is 4.79 Å². The number of nitrogens with one attached hydrogen (secondary N) is 1. The zero-order valence-electron chi connectivity index (χ0n) is 12.3. The number of hydrogen-bond donors (Lipinski definition) is 1. The number of carbonyl (C=O) groups excluding carboxylic acids is 2. The number of benzene rings is 2. The van der Waals surface area contributed by atoms with E-state index in [9.17, 15) is 9.59 Å². The largest absolute Gasteiger partial charge is 0.307 e. The lowest BCUT2D eigenvalue weighted by Crippen LogP contribution is -2.18. The van der Waals surface area contributed by atoms with Crippen molar-refractivity contribution in [3.8, 4) is 0 Å². The van der Waals surface area contributed by atoms with Gasteiger partial charge in [-0.2, -0.15) is 0 Å². The highest BCUT2D eigenvalue weighted by Crippen LogP contribution is 2.32. The summed E-state index contributed by atoms with van der Waals surface area (Å²) in [6, 6.07) is 16.4. The SMILES string of the molecule is CC(=C1SC(=S)NC1=O)c1cccc(C(=O)c2ccccc2)c1. The summed E-state index contributed by atoms with van der Waals surface area (Å²) in [6.07, 6.45) is 0. The molecule has 0 unspecified atom stereocenters. The highest BCUT2D eigenvalue weighted by molar-refractivity contribution is 8.26. The van der Waals surface area contributed by atoms with E-state index in [4.69, 9.17) is 12.2 Å². The Morgan fingerprint density at radius 2 is 1.65 bits per heavy atom. The molecule has 3 rings (SSSR count). The molecule has 0 saturated carbocycles. The van der Waals surface area contributed by atoms with Gasteiger partial charge in [-0.15, -0.1) is 0 Å². The van der Waals surface area contributed by atoms with Crippen molar-refractivity contribution in [2.75, 3.05) is 0 Å². The van der Waals surface area contributed by atoms with Crippen LogP contribution in [0.15, 0.2) is 59.5 Å². The summed E-state index contributed by atoms with van der Waals surface area (Å²) in [6.45, 7) is 1.86. The fraction of sp³-hybridized carbons (Fsp3) is 0.0556. The number of ketones is 1. The van der Waals surface area contributed by atoms with Gasteiger partial charge in [-0.1, -0.05) is 72.5 Å². The standard InChI is InChI=1S/C18H13NO2S2/c1-11(16-17(21)19-18(22)23-16)13-8-5-9-14(10-13)15(20)12-6-3-2-4-7-12/h2-10H,1H3,(H,19,21,22). The lowest BCUT2D eigenvalue weighted by molar-refractivity contribution is -0.115. The van der Waals surface area contributed by atoms with Crippen molar-refractivity contribution in [3.05, 3.63) is 76.2 Å². The summed E-state index contributed by atoms with van der Waals surface area (Å²) in [4.78, 5) is 25.0. The van der Waals surface area contributed by atoms with E-state index >= 15 is 0 Å². The van der Waals surface area contributed by atoms with Gasteiger partial charge in [-0.25, -0.2) is 0 Å². The van der Waals surface area contributed by atoms with Gasteiger partial charge in [0.1, 0.15) is 4.32 Å². The third-order valence-corrected chi connectivity index (χ3v) is 4.89. The van der Waals surface area contributed by atoms with Crippen LogP contribution >= 0.6 is 24.0 Å². The van der Waals surface area contributed by atoms with Crippen LogP contribution in [-0.4, -0.2) is 16.0 Å². The van der Waals surface area contributed by atoms with E-state index < -0.39 is 0 Å². The summed E-state index contributed by atoms with van der Waals surface area (Å²) in [7, 11) is 0. The number of rotatable bonds is 3. The maximum Gasteiger partial charge on any atom is 0.263 e. The van der Waals surface area contributed by atoms with Crippen molar-refractivity contribution in [2.45, 2.75) is 6.92 Å². The van der Waals surface area contributed by atoms with Crippen LogP contribution in [0.4, 0.5) is 0 Å². The van der Waals surface area contributed by atoms with Gasteiger partial charge in [0.25, 0.3) is 5.91 Å². The summed E-state index contributed by atoms with van der Waals surface area (Å²) >= 11 is 6.27. The van der Waals surface area contributed by atoms with E-state index in [-0.39, 0.29) is 11.7 Å². The minimum atomic E-state index is -0.183. The van der Waals surface area contributed by atoms with Crippen LogP contribution in [0.1, 0.15) is 28.4 Å². The second-order valence-electron chi connectivity index (χ2n) is 5.07. The first-order valence-electron chi connectivity index (χ1n) is 7.00. The van der Waals surface area contributed by atoms with Crippen molar-refractivity contribution in [1.82, 2.24) is 5.32 Å². The van der Waals surface area contributed by atoms with Gasteiger partial charge in [-0.3, -0.25) is 9.59 Å². The molecule has 0 atom stereocenters. The summed E-state index contributed by atoms with van der Waals surface area (Å²) < 4.78 is 0.459. The van der Waals surface area contributed by atoms with Gasteiger partial charge < -0.3 is 5.32 Å². The average molecular weight is 339 g/mol. The van der Waals surface area contributed by atoms with Crippen molar-refractivity contribution in [1.29, 1.82) is 0 Å². The quantitative estimate of drug-likeness (QED) is 0.525. The molecule has 1 aliphatic heterocycles. The molecule has 2 aromatic carbocycles. The Hall–Kier alpha value is -2.24. The van der Waals surface area contributed by atoms with Crippen LogP contribution in [0.2, 0.25) is 0 Å². The summed E-state index contributed by atoms with van der Waals surface area (Å²) in [5, 5.41) is 2.61. The van der Waals surface area contributed by atoms with Crippen molar-refractivity contribution >= 4 is 45.6 Å². The zero-order valence-corrected chi connectivity index (χ0v) is 14.0. The number of allylic oxidation sites excluding steroid dienone is 1. The molecule has 1 amide bonds. The predicted molar refractivity (Wildman–Crippen MR) is 97.2 cm³/mol. The van der Waals surface area contributed by atoms with E-state index in [0.29, 0.717) is 20.4 Å². The molecule has 114 valence electrons. The monoisotopic (exact) mass is 339 g/mol. The number of thioether (sulfide) groups is 1. The maximum absolute atomic E-state index is 12.5. The molecule has 0 aromatic heterocycles. The fourth-order valence-corrected chi connectivity index (χ4v) is 3.43. The third kappa shape index (κ3) is 3.25. The highest BCUT2D eigenvalue weighted by atomic mass is 32.2. The van der Waals surface area contributed by atoms with E-state index in [1.54, 1.807) is 18.2 Å². The Balaban J connectivity index is 1.98. The minimum absolute atomic E-state index is 0.0377. The van der Waals surface area contributed by atoms with Gasteiger partial charge >= 0.3 is 0 Å². The van der Waals surface area contributed by atoms with Gasteiger partial charge in [0, 0.05) is 11.1 Å². The van der Waals surface area contributed by atoms with Crippen LogP contribution in [0.25, 0.3) is 5.57 Å². The van der Waals surface area contributed by atoms with Gasteiger partial charge in [0.05, 0.1) is 4.91 Å². The van der Waals surface area contributed by atoms with E-state index in [1.165, 1.54) is 11.8 Å². The lowest BCUT2D eigenvalue weighted by atomic mass is 9.98. The van der Waals surface area contributed by atoms with Crippen LogP contribution in [0, 0.1) is 0 Å². The Morgan fingerprint density at radius 3 is 2.30 bits per heavy atom. The van der Waals surface area contributed by atoms with Gasteiger partial charge in [0.2, 0.25) is 0 Å². The van der Waals surface area contributed by atoms with Crippen molar-refractivity contribution < 1.29 is 9.59 Å². The molecule has 0 spiro atoms.